The van der Waals surface area contributed by atoms with E-state index in [4.69, 9.17) is 19.2 Å². The number of nitrogens with two attached hydrogens (primary N) is 3. The molecule has 0 aliphatic heterocycles. The summed E-state index contributed by atoms with van der Waals surface area (Å²) in [5.74, 6) is 0. The van der Waals surface area contributed by atoms with Crippen LogP contribution in [-0.2, 0) is 4.57 Å². The zero-order chi connectivity index (χ0) is 19.6. The molecule has 0 rings (SSSR count). The van der Waals surface area contributed by atoms with Crippen LogP contribution in [0.1, 0.15) is 48.5 Å². The molecule has 7 nitrogen and oxygen atoms in total. The van der Waals surface area contributed by atoms with Crippen LogP contribution in [0.2, 0.25) is 0 Å². The molecule has 0 aromatic rings. The highest BCUT2D eigenvalue weighted by Gasteiger charge is 1.68. The lowest BCUT2D eigenvalue weighted by atomic mass is 10.7. The van der Waals surface area contributed by atoms with Crippen LogP contribution in [-0.4, -0.2) is 39.3 Å². The van der Waals surface area contributed by atoms with Crippen molar-refractivity contribution in [1.29, 1.82) is 0 Å². The summed E-state index contributed by atoms with van der Waals surface area (Å²) >= 11 is 0. The minimum Gasteiger partial charge on any atom is -0.822 e. The number of hydrogen-bond acceptors (Lipinski definition) is 4. The van der Waals surface area contributed by atoms with Crippen molar-refractivity contribution in [2.75, 3.05) is 39.3 Å². The second kappa shape index (κ2) is 37.7. The summed E-state index contributed by atoms with van der Waals surface area (Å²) in [4.78, 5) is 25.6. The average Bonchev–Trinajstić information content (AvgIpc) is 2.42. The summed E-state index contributed by atoms with van der Waals surface area (Å²) < 4.78 is 8.55. The fourth-order valence-electron chi connectivity index (χ4n) is 0.866. The van der Waals surface area contributed by atoms with Gasteiger partial charge in [-0.3, -0.25) is 0 Å². The van der Waals surface area contributed by atoms with Crippen LogP contribution in [0.25, 0.3) is 0 Å². The fourth-order valence-corrected chi connectivity index (χ4v) is 0.866. The smallest absolute Gasteiger partial charge is 0.0726 e. The first-order chi connectivity index (χ1) is 10.7. The highest BCUT2D eigenvalue weighted by Crippen LogP contribution is 2.03. The molecule has 0 atom stereocenters. The van der Waals surface area contributed by atoms with Gasteiger partial charge in [0.2, 0.25) is 0 Å². The fraction of sp³-hybridized carbons (Fsp3) is 0.867. The predicted octanol–water partition coefficient (Wildman–Crippen LogP) is -2.86. The quantitative estimate of drug-likeness (QED) is 0.347. The van der Waals surface area contributed by atoms with Gasteiger partial charge in [0.15, 0.2) is 0 Å². The van der Waals surface area contributed by atoms with E-state index in [2.05, 4.69) is 64.1 Å². The Labute approximate surface area is 144 Å². The molecule has 0 saturated heterocycles. The lowest BCUT2D eigenvalue weighted by molar-refractivity contribution is -0.648. The van der Waals surface area contributed by atoms with Crippen molar-refractivity contribution in [3.63, 3.8) is 0 Å². The lowest BCUT2D eigenvalue weighted by Crippen LogP contribution is -2.82. The van der Waals surface area contributed by atoms with Gasteiger partial charge in [-0.25, -0.2) is 0 Å². The zero-order valence-electron chi connectivity index (χ0n) is 16.3. The Bertz CT molecular complexity index is 186. The van der Waals surface area contributed by atoms with E-state index in [9.17, 15) is 0 Å². The van der Waals surface area contributed by atoms with Crippen molar-refractivity contribution in [2.45, 2.75) is 48.5 Å². The van der Waals surface area contributed by atoms with Crippen molar-refractivity contribution in [3.8, 4) is 0 Å². The van der Waals surface area contributed by atoms with Gasteiger partial charge in [0, 0.05) is 0 Å². The van der Waals surface area contributed by atoms with Crippen LogP contribution in [0, 0.1) is 0 Å². The van der Waals surface area contributed by atoms with E-state index < -0.39 is 7.82 Å². The maximum absolute atomic E-state index is 8.55. The largest absolute Gasteiger partial charge is 0.822 e. The lowest BCUT2D eigenvalue weighted by Gasteiger charge is -2.36. The Morgan fingerprint density at radius 3 is 0.826 bits per heavy atom. The third-order valence-electron chi connectivity index (χ3n) is 1.73. The van der Waals surface area contributed by atoms with Crippen molar-refractivity contribution in [3.05, 3.63) is 12.7 Å². The Hall–Kier alpha value is -0.270. The number of hydrogen-bond donors (Lipinski definition) is 3. The molecule has 0 radical (unpaired) electrons. The zero-order valence-corrected chi connectivity index (χ0v) is 17.2. The standard InChI is InChI=1S/3C4H11N.C3H6.H3O4P/c3*1-3-5-4-2;1-3-2;1-5(2,3)4/h3*5H,3-4H2,1-2H3;3H,1H2,2H3;(H3,1,2,3,4). The summed E-state index contributed by atoms with van der Waals surface area (Å²) in [5, 5.41) is 6.75. The Balaban J connectivity index is -0.0000000593. The first kappa shape index (κ1) is 34.1. The normalized spacial score (nSPS) is 8.61. The van der Waals surface area contributed by atoms with Crippen LogP contribution in [0.3, 0.4) is 0 Å². The van der Waals surface area contributed by atoms with Crippen LogP contribution in [0.4, 0.5) is 0 Å². The van der Waals surface area contributed by atoms with Gasteiger partial charge in [-0.1, -0.05) is 6.08 Å². The third kappa shape index (κ3) is 258. The molecule has 0 fully saturated rings. The maximum atomic E-state index is 8.55. The van der Waals surface area contributed by atoms with Gasteiger partial charge in [0.25, 0.3) is 0 Å². The monoisotopic (exact) mass is 359 g/mol. The molecule has 0 amide bonds. The average molecular weight is 359 g/mol. The van der Waals surface area contributed by atoms with Gasteiger partial charge in [-0.05, 0) is 48.5 Å². The van der Waals surface area contributed by atoms with E-state index >= 15 is 0 Å². The molecule has 0 spiro atoms. The number of allylic oxidation sites excluding steroid dienone is 1. The molecule has 0 aliphatic carbocycles. The van der Waals surface area contributed by atoms with Crippen LogP contribution in [0.5, 0.6) is 0 Å². The number of quaternary nitrogens is 3. The van der Waals surface area contributed by atoms with E-state index in [-0.39, 0.29) is 0 Å². The van der Waals surface area contributed by atoms with E-state index in [0.29, 0.717) is 0 Å². The van der Waals surface area contributed by atoms with Crippen molar-refractivity contribution >= 4 is 7.82 Å². The van der Waals surface area contributed by atoms with Gasteiger partial charge in [-0.15, -0.1) is 6.58 Å². The molecule has 0 heterocycles. The topological polar surface area (TPSA) is 136 Å². The highest BCUT2D eigenvalue weighted by molar-refractivity contribution is 7.40. The van der Waals surface area contributed by atoms with Crippen LogP contribution >= 0.6 is 7.82 Å². The van der Waals surface area contributed by atoms with Gasteiger partial charge < -0.3 is 35.2 Å². The molecule has 23 heavy (non-hydrogen) atoms. The molecule has 0 aliphatic rings. The summed E-state index contributed by atoms with van der Waals surface area (Å²) in [5.41, 5.74) is 0. The summed E-state index contributed by atoms with van der Waals surface area (Å²) in [6.07, 6.45) is 1.75. The minimum atomic E-state index is -5.39. The molecule has 6 N–H and O–H groups in total. The molecular formula is C15H42N3O4P. The van der Waals surface area contributed by atoms with Gasteiger partial charge in [0.1, 0.15) is 0 Å². The van der Waals surface area contributed by atoms with Gasteiger partial charge >= 0.3 is 0 Å². The molecule has 146 valence electrons. The molecule has 0 bridgehead atoms. The van der Waals surface area contributed by atoms with Crippen molar-refractivity contribution < 1.29 is 35.2 Å². The van der Waals surface area contributed by atoms with E-state index in [1.54, 1.807) is 6.08 Å². The molecular weight excluding hydrogens is 317 g/mol. The van der Waals surface area contributed by atoms with Crippen LogP contribution < -0.4 is 30.6 Å². The van der Waals surface area contributed by atoms with E-state index in [1.807, 2.05) is 6.92 Å². The molecule has 8 heteroatoms. The predicted molar refractivity (Wildman–Crippen MR) is 92.5 cm³/mol. The Morgan fingerprint density at radius 1 is 0.739 bits per heavy atom. The first-order valence-electron chi connectivity index (χ1n) is 8.41. The SMILES string of the molecule is C=CC.CC[NH2+]CC.CC[NH2+]CC.CC[NH2+]CC.O=P([O-])([O-])[O-]. The first-order valence-corrected chi connectivity index (χ1v) is 9.87. The summed E-state index contributed by atoms with van der Waals surface area (Å²) in [7, 11) is -5.39. The third-order valence-corrected chi connectivity index (χ3v) is 1.73. The number of phosphoric acid groups is 1. The Morgan fingerprint density at radius 2 is 0.826 bits per heavy atom. The van der Waals surface area contributed by atoms with Crippen LogP contribution in [0.15, 0.2) is 12.7 Å². The summed E-state index contributed by atoms with van der Waals surface area (Å²) in [6, 6.07) is 0. The molecule has 0 saturated carbocycles. The minimum absolute atomic E-state index is 1.22. The van der Waals surface area contributed by atoms with Crippen molar-refractivity contribution in [2.24, 2.45) is 0 Å². The summed E-state index contributed by atoms with van der Waals surface area (Å²) in [6.45, 7) is 25.5. The van der Waals surface area contributed by atoms with E-state index in [1.165, 1.54) is 39.3 Å². The highest BCUT2D eigenvalue weighted by atomic mass is 31.2. The second-order valence-corrected chi connectivity index (χ2v) is 5.07. The molecule has 0 aromatic carbocycles. The molecule has 0 aromatic heterocycles. The van der Waals surface area contributed by atoms with Gasteiger partial charge in [0.05, 0.1) is 39.3 Å². The maximum Gasteiger partial charge on any atom is 0.0726 e. The van der Waals surface area contributed by atoms with Gasteiger partial charge in [-0.2, -0.15) is 7.82 Å². The second-order valence-electron chi connectivity index (χ2n) is 4.17. The van der Waals surface area contributed by atoms with E-state index in [0.717, 1.165) is 0 Å². The van der Waals surface area contributed by atoms with Crippen molar-refractivity contribution in [1.82, 2.24) is 0 Å². The molecule has 0 unspecified atom stereocenters. The number of rotatable bonds is 6. The Kier molecular flexibility index (Phi) is 56.0.